The van der Waals surface area contributed by atoms with Crippen molar-refractivity contribution in [2.24, 2.45) is 5.73 Å². The SMILES string of the molecule is Cl.NCC1(NC(=O)COc2cccc(NC(=O)c3ccco3)c2)CCCC1. The van der Waals surface area contributed by atoms with Gasteiger partial charge in [0.05, 0.1) is 11.8 Å². The smallest absolute Gasteiger partial charge is 0.291 e. The number of hydrogen-bond acceptors (Lipinski definition) is 5. The van der Waals surface area contributed by atoms with Crippen LogP contribution in [0.5, 0.6) is 5.75 Å². The van der Waals surface area contributed by atoms with Crippen LogP contribution in [0.3, 0.4) is 0 Å². The number of benzene rings is 1. The van der Waals surface area contributed by atoms with Gasteiger partial charge in [0, 0.05) is 18.3 Å². The number of carbonyl (C=O) groups is 2. The van der Waals surface area contributed by atoms with Gasteiger partial charge in [-0.15, -0.1) is 12.4 Å². The number of halogens is 1. The van der Waals surface area contributed by atoms with Crippen molar-refractivity contribution in [3.8, 4) is 5.75 Å². The van der Waals surface area contributed by atoms with Gasteiger partial charge in [-0.05, 0) is 37.1 Å². The summed E-state index contributed by atoms with van der Waals surface area (Å²) in [6.07, 6.45) is 5.41. The Morgan fingerprint density at radius 1 is 1.19 bits per heavy atom. The summed E-state index contributed by atoms with van der Waals surface area (Å²) in [4.78, 5) is 24.2. The normalized spacial score (nSPS) is 14.9. The third-order valence-electron chi connectivity index (χ3n) is 4.56. The Kier molecular flexibility index (Phi) is 7.27. The molecule has 27 heavy (non-hydrogen) atoms. The molecule has 0 unspecified atom stereocenters. The molecule has 1 aliphatic rings. The number of anilines is 1. The summed E-state index contributed by atoms with van der Waals surface area (Å²) in [5, 5.41) is 5.72. The molecule has 3 rings (SSSR count). The standard InChI is InChI=1S/C19H23N3O4.ClH/c20-13-19(8-1-2-9-19)22-17(23)12-26-15-6-3-5-14(11-15)21-18(24)16-7-4-10-25-16;/h3-7,10-11H,1-2,8-9,12-13,20H2,(H,21,24)(H,22,23);1H. The number of nitrogens with one attached hydrogen (secondary N) is 2. The van der Waals surface area contributed by atoms with Crippen molar-refractivity contribution in [2.75, 3.05) is 18.5 Å². The third kappa shape index (κ3) is 5.48. The first-order valence-electron chi connectivity index (χ1n) is 8.69. The minimum Gasteiger partial charge on any atom is -0.484 e. The van der Waals surface area contributed by atoms with E-state index >= 15 is 0 Å². The Morgan fingerprint density at radius 2 is 1.96 bits per heavy atom. The molecule has 1 saturated carbocycles. The van der Waals surface area contributed by atoms with Crippen LogP contribution < -0.4 is 21.1 Å². The van der Waals surface area contributed by atoms with Crippen molar-refractivity contribution in [1.29, 1.82) is 0 Å². The molecular formula is C19H24ClN3O4. The lowest BCUT2D eigenvalue weighted by molar-refractivity contribution is -0.124. The van der Waals surface area contributed by atoms with Crippen molar-refractivity contribution in [1.82, 2.24) is 5.32 Å². The molecule has 0 bridgehead atoms. The number of carbonyl (C=O) groups excluding carboxylic acids is 2. The Bertz CT molecular complexity index is 758. The minimum atomic E-state index is -0.351. The van der Waals surface area contributed by atoms with Crippen LogP contribution in [-0.4, -0.2) is 30.5 Å². The van der Waals surface area contributed by atoms with E-state index in [4.69, 9.17) is 14.9 Å². The lowest BCUT2D eigenvalue weighted by atomic mass is 9.98. The fourth-order valence-electron chi connectivity index (χ4n) is 3.18. The topological polar surface area (TPSA) is 107 Å². The Balaban J connectivity index is 0.00000261. The highest BCUT2D eigenvalue weighted by atomic mass is 35.5. The summed E-state index contributed by atoms with van der Waals surface area (Å²) < 4.78 is 10.6. The molecule has 1 fully saturated rings. The van der Waals surface area contributed by atoms with Crippen molar-refractivity contribution in [3.05, 3.63) is 48.4 Å². The predicted molar refractivity (Wildman–Crippen MR) is 104 cm³/mol. The fourth-order valence-corrected chi connectivity index (χ4v) is 3.18. The van der Waals surface area contributed by atoms with E-state index < -0.39 is 0 Å². The Labute approximate surface area is 164 Å². The summed E-state index contributed by atoms with van der Waals surface area (Å²) in [6, 6.07) is 10.1. The molecule has 0 spiro atoms. The van der Waals surface area contributed by atoms with E-state index in [0.717, 1.165) is 25.7 Å². The van der Waals surface area contributed by atoms with Crippen molar-refractivity contribution in [2.45, 2.75) is 31.2 Å². The van der Waals surface area contributed by atoms with Crippen LogP contribution in [0, 0.1) is 0 Å². The van der Waals surface area contributed by atoms with Crippen molar-refractivity contribution >= 4 is 29.9 Å². The first-order valence-corrected chi connectivity index (χ1v) is 8.69. The maximum atomic E-state index is 12.2. The zero-order valence-electron chi connectivity index (χ0n) is 14.9. The highest BCUT2D eigenvalue weighted by Crippen LogP contribution is 2.28. The maximum absolute atomic E-state index is 12.2. The van der Waals surface area contributed by atoms with Crippen LogP contribution in [-0.2, 0) is 4.79 Å². The molecule has 1 aliphatic carbocycles. The van der Waals surface area contributed by atoms with Crippen LogP contribution >= 0.6 is 12.4 Å². The lowest BCUT2D eigenvalue weighted by Gasteiger charge is -2.28. The number of hydrogen-bond donors (Lipinski definition) is 3. The van der Waals surface area contributed by atoms with Gasteiger partial charge in [0.15, 0.2) is 12.4 Å². The molecule has 7 nitrogen and oxygen atoms in total. The van der Waals surface area contributed by atoms with Crippen molar-refractivity contribution in [3.63, 3.8) is 0 Å². The first-order chi connectivity index (χ1) is 12.6. The summed E-state index contributed by atoms with van der Waals surface area (Å²) in [5.74, 6) is 0.170. The van der Waals surface area contributed by atoms with Gasteiger partial charge in [-0.25, -0.2) is 0 Å². The highest BCUT2D eigenvalue weighted by molar-refractivity contribution is 6.02. The summed E-state index contributed by atoms with van der Waals surface area (Å²) in [7, 11) is 0. The number of nitrogens with two attached hydrogens (primary N) is 1. The van der Waals surface area contributed by atoms with Gasteiger partial charge < -0.3 is 25.5 Å². The molecule has 0 aliphatic heterocycles. The largest absolute Gasteiger partial charge is 0.484 e. The molecule has 1 aromatic heterocycles. The third-order valence-corrected chi connectivity index (χ3v) is 4.56. The van der Waals surface area contributed by atoms with E-state index in [1.54, 1.807) is 36.4 Å². The van der Waals surface area contributed by atoms with Crippen LogP contribution in [0.2, 0.25) is 0 Å². The van der Waals surface area contributed by atoms with E-state index in [2.05, 4.69) is 10.6 Å². The van der Waals surface area contributed by atoms with Crippen LogP contribution in [0.15, 0.2) is 47.1 Å². The lowest BCUT2D eigenvalue weighted by Crippen LogP contribution is -2.52. The van der Waals surface area contributed by atoms with Gasteiger partial charge in [0.1, 0.15) is 5.75 Å². The van der Waals surface area contributed by atoms with Crippen LogP contribution in [0.4, 0.5) is 5.69 Å². The van der Waals surface area contributed by atoms with Gasteiger partial charge in [-0.3, -0.25) is 9.59 Å². The molecule has 2 amide bonds. The molecule has 0 atom stereocenters. The fraction of sp³-hybridized carbons (Fsp3) is 0.368. The molecule has 1 aromatic carbocycles. The molecule has 0 saturated heterocycles. The molecule has 8 heteroatoms. The average molecular weight is 394 g/mol. The number of rotatable bonds is 7. The van der Waals surface area contributed by atoms with Gasteiger partial charge in [-0.2, -0.15) is 0 Å². The number of furan rings is 1. The zero-order valence-corrected chi connectivity index (χ0v) is 15.7. The highest BCUT2D eigenvalue weighted by Gasteiger charge is 2.33. The summed E-state index contributed by atoms with van der Waals surface area (Å²) in [5.41, 5.74) is 6.09. The Morgan fingerprint density at radius 3 is 2.63 bits per heavy atom. The molecule has 0 radical (unpaired) electrons. The van der Waals surface area contributed by atoms with Crippen LogP contribution in [0.1, 0.15) is 36.2 Å². The van der Waals surface area contributed by atoms with Crippen molar-refractivity contribution < 1.29 is 18.7 Å². The van der Waals surface area contributed by atoms with Gasteiger partial charge >= 0.3 is 0 Å². The maximum Gasteiger partial charge on any atom is 0.291 e. The van der Waals surface area contributed by atoms with Gasteiger partial charge in [-0.1, -0.05) is 18.9 Å². The second kappa shape index (κ2) is 9.43. The quantitative estimate of drug-likeness (QED) is 0.670. The monoisotopic (exact) mass is 393 g/mol. The minimum absolute atomic E-state index is 0. The van der Waals surface area contributed by atoms with Crippen LogP contribution in [0.25, 0.3) is 0 Å². The second-order valence-electron chi connectivity index (χ2n) is 6.49. The van der Waals surface area contributed by atoms with E-state index in [-0.39, 0.29) is 42.1 Å². The molecule has 4 N–H and O–H groups in total. The van der Waals surface area contributed by atoms with E-state index in [0.29, 0.717) is 18.0 Å². The molecule has 1 heterocycles. The predicted octanol–water partition coefficient (Wildman–Crippen LogP) is 2.72. The molecular weight excluding hydrogens is 370 g/mol. The Hall–Kier alpha value is -2.51. The van der Waals surface area contributed by atoms with E-state index in [9.17, 15) is 9.59 Å². The van der Waals surface area contributed by atoms with E-state index in [1.807, 2.05) is 0 Å². The number of ether oxygens (including phenoxy) is 1. The molecule has 2 aromatic rings. The van der Waals surface area contributed by atoms with E-state index in [1.165, 1.54) is 6.26 Å². The average Bonchev–Trinajstić information content (AvgIpc) is 3.33. The molecule has 146 valence electrons. The first kappa shape index (κ1) is 20.8. The van der Waals surface area contributed by atoms with Gasteiger partial charge in [0.25, 0.3) is 11.8 Å². The number of amides is 2. The second-order valence-corrected chi connectivity index (χ2v) is 6.49. The summed E-state index contributed by atoms with van der Waals surface area (Å²) in [6.45, 7) is 0.338. The van der Waals surface area contributed by atoms with Gasteiger partial charge in [0.2, 0.25) is 0 Å². The zero-order chi connectivity index (χ0) is 18.4. The summed E-state index contributed by atoms with van der Waals surface area (Å²) >= 11 is 0.